The fourth-order valence-electron chi connectivity index (χ4n) is 0.922. The maximum atomic E-state index is 10.7. The van der Waals surface area contributed by atoms with Crippen LogP contribution in [-0.2, 0) is 4.79 Å². The average Bonchev–Trinajstić information content (AvgIpc) is 1.59. The van der Waals surface area contributed by atoms with Crippen molar-refractivity contribution in [2.45, 2.75) is 25.7 Å². The highest BCUT2D eigenvalue weighted by atomic mass is 16.2. The maximum Gasteiger partial charge on any atom is 0.224 e. The fourth-order valence-corrected chi connectivity index (χ4v) is 0.922. The Morgan fingerprint density at radius 1 is 1.78 bits per heavy atom. The predicted molar refractivity (Wildman–Crippen MR) is 33.3 cm³/mol. The Morgan fingerprint density at radius 2 is 2.44 bits per heavy atom. The quantitative estimate of drug-likeness (QED) is 0.382. The van der Waals surface area contributed by atoms with Crippen molar-refractivity contribution in [1.29, 1.82) is 0 Å². The van der Waals surface area contributed by atoms with E-state index in [9.17, 15) is 4.79 Å². The SMILES string of the molecule is CC1NC(=O)CC(N)N1. The lowest BCUT2D eigenvalue weighted by Gasteiger charge is -2.26. The van der Waals surface area contributed by atoms with Gasteiger partial charge in [-0.05, 0) is 6.92 Å². The Balaban J connectivity index is 2.43. The lowest BCUT2D eigenvalue weighted by molar-refractivity contribution is -0.124. The summed E-state index contributed by atoms with van der Waals surface area (Å²) in [6, 6.07) is 0. The molecule has 0 aromatic carbocycles. The van der Waals surface area contributed by atoms with Gasteiger partial charge in [0.2, 0.25) is 5.91 Å². The predicted octanol–water partition coefficient (Wildman–Crippen LogP) is -1.27. The number of carbonyl (C=O) groups excluding carboxylic acids is 1. The number of amides is 1. The summed E-state index contributed by atoms with van der Waals surface area (Å²) in [5.74, 6) is 0.0220. The molecule has 1 aliphatic rings. The van der Waals surface area contributed by atoms with Crippen LogP contribution in [0, 0.1) is 0 Å². The van der Waals surface area contributed by atoms with Crippen LogP contribution in [0.25, 0.3) is 0 Å². The molecule has 1 saturated heterocycles. The highest BCUT2D eigenvalue weighted by Crippen LogP contribution is 1.93. The van der Waals surface area contributed by atoms with Crippen molar-refractivity contribution in [3.05, 3.63) is 0 Å². The van der Waals surface area contributed by atoms with Gasteiger partial charge in [-0.25, -0.2) is 0 Å². The summed E-state index contributed by atoms with van der Waals surface area (Å²) >= 11 is 0. The van der Waals surface area contributed by atoms with Gasteiger partial charge in [-0.15, -0.1) is 0 Å². The minimum absolute atomic E-state index is 0.0150. The van der Waals surface area contributed by atoms with Crippen molar-refractivity contribution in [2.75, 3.05) is 0 Å². The maximum absolute atomic E-state index is 10.7. The van der Waals surface area contributed by atoms with Gasteiger partial charge < -0.3 is 11.1 Å². The number of nitrogens with two attached hydrogens (primary N) is 1. The normalized spacial score (nSPS) is 36.0. The molecule has 52 valence electrons. The first-order chi connectivity index (χ1) is 4.18. The zero-order chi connectivity index (χ0) is 6.85. The highest BCUT2D eigenvalue weighted by Gasteiger charge is 2.18. The summed E-state index contributed by atoms with van der Waals surface area (Å²) < 4.78 is 0. The molecule has 1 heterocycles. The second kappa shape index (κ2) is 2.33. The van der Waals surface area contributed by atoms with E-state index in [1.165, 1.54) is 0 Å². The van der Waals surface area contributed by atoms with E-state index in [0.29, 0.717) is 6.42 Å². The molecule has 0 aliphatic carbocycles. The molecule has 2 unspecified atom stereocenters. The van der Waals surface area contributed by atoms with Gasteiger partial charge in [-0.3, -0.25) is 10.1 Å². The topological polar surface area (TPSA) is 67.2 Å². The molecule has 0 aromatic heterocycles. The molecule has 1 aliphatic heterocycles. The van der Waals surface area contributed by atoms with Gasteiger partial charge in [-0.2, -0.15) is 0 Å². The average molecular weight is 129 g/mol. The van der Waals surface area contributed by atoms with Crippen molar-refractivity contribution in [3.8, 4) is 0 Å². The number of rotatable bonds is 0. The van der Waals surface area contributed by atoms with Crippen molar-refractivity contribution >= 4 is 5.91 Å². The molecule has 2 atom stereocenters. The van der Waals surface area contributed by atoms with Gasteiger partial charge in [0.25, 0.3) is 0 Å². The molecule has 0 radical (unpaired) electrons. The molecule has 4 N–H and O–H groups in total. The van der Waals surface area contributed by atoms with E-state index in [1.54, 1.807) is 0 Å². The van der Waals surface area contributed by atoms with E-state index in [1.807, 2.05) is 6.92 Å². The van der Waals surface area contributed by atoms with Crippen LogP contribution in [0.15, 0.2) is 0 Å². The summed E-state index contributed by atoms with van der Waals surface area (Å²) in [5, 5.41) is 5.64. The van der Waals surface area contributed by atoms with Crippen molar-refractivity contribution in [1.82, 2.24) is 10.6 Å². The number of carbonyl (C=O) groups is 1. The number of hydrogen-bond donors (Lipinski definition) is 3. The third kappa shape index (κ3) is 1.65. The Bertz CT molecular complexity index is 113. The Morgan fingerprint density at radius 3 is 2.89 bits per heavy atom. The van der Waals surface area contributed by atoms with Gasteiger partial charge in [0.05, 0.1) is 18.8 Å². The van der Waals surface area contributed by atoms with Crippen LogP contribution >= 0.6 is 0 Å². The summed E-state index contributed by atoms with van der Waals surface area (Å²) in [5.41, 5.74) is 5.44. The van der Waals surface area contributed by atoms with Crippen LogP contribution in [0.1, 0.15) is 13.3 Å². The molecule has 0 spiro atoms. The molecule has 0 bridgehead atoms. The Hall–Kier alpha value is -0.610. The lowest BCUT2D eigenvalue weighted by atomic mass is 10.2. The number of hydrogen-bond acceptors (Lipinski definition) is 3. The minimum Gasteiger partial charge on any atom is -0.341 e. The third-order valence-electron chi connectivity index (χ3n) is 1.25. The molecule has 0 aromatic rings. The van der Waals surface area contributed by atoms with Gasteiger partial charge >= 0.3 is 0 Å². The van der Waals surface area contributed by atoms with E-state index in [2.05, 4.69) is 10.6 Å². The standard InChI is InChI=1S/C5H11N3O/c1-3-7-4(6)2-5(9)8-3/h3-4,7H,2,6H2,1H3,(H,8,9). The third-order valence-corrected chi connectivity index (χ3v) is 1.25. The van der Waals surface area contributed by atoms with Crippen LogP contribution in [0.3, 0.4) is 0 Å². The zero-order valence-corrected chi connectivity index (χ0v) is 5.35. The van der Waals surface area contributed by atoms with E-state index < -0.39 is 0 Å². The summed E-state index contributed by atoms with van der Waals surface area (Å²) in [6.07, 6.45) is 0.222. The summed E-state index contributed by atoms with van der Waals surface area (Å²) in [6.45, 7) is 1.86. The van der Waals surface area contributed by atoms with Crippen LogP contribution in [-0.4, -0.2) is 18.2 Å². The van der Waals surface area contributed by atoms with Crippen molar-refractivity contribution in [3.63, 3.8) is 0 Å². The smallest absolute Gasteiger partial charge is 0.224 e. The molecule has 4 nitrogen and oxygen atoms in total. The second-order valence-corrected chi connectivity index (χ2v) is 2.27. The Kier molecular flexibility index (Phi) is 1.68. The Labute approximate surface area is 53.8 Å². The van der Waals surface area contributed by atoms with E-state index in [0.717, 1.165) is 0 Å². The summed E-state index contributed by atoms with van der Waals surface area (Å²) in [4.78, 5) is 10.7. The molecule has 1 amide bonds. The van der Waals surface area contributed by atoms with Crippen LogP contribution < -0.4 is 16.4 Å². The molecular formula is C5H11N3O. The fraction of sp³-hybridized carbons (Fsp3) is 0.800. The molecule has 1 rings (SSSR count). The monoisotopic (exact) mass is 129 g/mol. The molecular weight excluding hydrogens is 118 g/mol. The molecule has 0 saturated carbocycles. The van der Waals surface area contributed by atoms with Crippen LogP contribution in [0.4, 0.5) is 0 Å². The van der Waals surface area contributed by atoms with Crippen LogP contribution in [0.2, 0.25) is 0 Å². The summed E-state index contributed by atoms with van der Waals surface area (Å²) in [7, 11) is 0. The van der Waals surface area contributed by atoms with Gasteiger partial charge in [0.1, 0.15) is 0 Å². The van der Waals surface area contributed by atoms with Gasteiger partial charge in [-0.1, -0.05) is 0 Å². The zero-order valence-electron chi connectivity index (χ0n) is 5.35. The first kappa shape index (κ1) is 6.51. The first-order valence-electron chi connectivity index (χ1n) is 2.99. The molecule has 1 fully saturated rings. The van der Waals surface area contributed by atoms with E-state index in [4.69, 9.17) is 5.73 Å². The second-order valence-electron chi connectivity index (χ2n) is 2.27. The van der Waals surface area contributed by atoms with Gasteiger partial charge in [0.15, 0.2) is 0 Å². The first-order valence-corrected chi connectivity index (χ1v) is 2.99. The molecule has 9 heavy (non-hydrogen) atoms. The van der Waals surface area contributed by atoms with Crippen molar-refractivity contribution in [2.24, 2.45) is 5.73 Å². The van der Waals surface area contributed by atoms with E-state index in [-0.39, 0.29) is 18.2 Å². The van der Waals surface area contributed by atoms with Crippen molar-refractivity contribution < 1.29 is 4.79 Å². The molecule has 4 heteroatoms. The number of nitrogens with one attached hydrogen (secondary N) is 2. The van der Waals surface area contributed by atoms with E-state index >= 15 is 0 Å². The van der Waals surface area contributed by atoms with Gasteiger partial charge in [0, 0.05) is 0 Å². The minimum atomic E-state index is -0.172. The largest absolute Gasteiger partial charge is 0.341 e. The lowest BCUT2D eigenvalue weighted by Crippen LogP contribution is -2.57. The van der Waals surface area contributed by atoms with Crippen LogP contribution in [0.5, 0.6) is 0 Å². The highest BCUT2D eigenvalue weighted by molar-refractivity contribution is 5.77.